The van der Waals surface area contributed by atoms with Crippen molar-refractivity contribution in [2.75, 3.05) is 0 Å². The first-order valence-corrected chi connectivity index (χ1v) is 7.08. The van der Waals surface area contributed by atoms with Crippen LogP contribution in [0.5, 0.6) is 0 Å². The van der Waals surface area contributed by atoms with Gasteiger partial charge in [0, 0.05) is 5.56 Å². The van der Waals surface area contributed by atoms with E-state index >= 15 is 0 Å². The molecule has 0 saturated heterocycles. The van der Waals surface area contributed by atoms with E-state index in [4.69, 9.17) is 0 Å². The number of aryl methyl sites for hydroxylation is 1. The van der Waals surface area contributed by atoms with Crippen LogP contribution in [0, 0.1) is 6.92 Å². The van der Waals surface area contributed by atoms with Crippen molar-refractivity contribution in [3.63, 3.8) is 0 Å². The first kappa shape index (κ1) is 12.7. The molecule has 4 nitrogen and oxygen atoms in total. The maximum absolute atomic E-state index is 11.7. The standard InChI is InChI=1S/C18H13N3O/c1-12-18-14(11-22)17(13-7-3-2-4-8-13)20-21(18)16-10-6-5-9-15(16)19-12/h2-11H,1H3. The van der Waals surface area contributed by atoms with Crippen molar-refractivity contribution < 1.29 is 4.79 Å². The number of nitrogens with zero attached hydrogens (tertiary/aromatic N) is 3. The van der Waals surface area contributed by atoms with Gasteiger partial charge in [0.25, 0.3) is 0 Å². The van der Waals surface area contributed by atoms with E-state index in [-0.39, 0.29) is 0 Å². The number of hydrogen-bond donors (Lipinski definition) is 0. The van der Waals surface area contributed by atoms with Gasteiger partial charge >= 0.3 is 0 Å². The predicted molar refractivity (Wildman–Crippen MR) is 86.1 cm³/mol. The monoisotopic (exact) mass is 287 g/mol. The van der Waals surface area contributed by atoms with Gasteiger partial charge in [0.1, 0.15) is 5.69 Å². The SMILES string of the molecule is Cc1nc2ccccc2n2nc(-c3ccccc3)c(C=O)c12. The number of aromatic nitrogens is 3. The normalized spacial score (nSPS) is 11.1. The number of carbonyl (C=O) groups is 1. The Morgan fingerprint density at radius 1 is 1.00 bits per heavy atom. The smallest absolute Gasteiger partial charge is 0.154 e. The minimum atomic E-state index is 0.585. The molecule has 0 fully saturated rings. The van der Waals surface area contributed by atoms with E-state index in [1.165, 1.54) is 0 Å². The van der Waals surface area contributed by atoms with Gasteiger partial charge in [0.2, 0.25) is 0 Å². The second kappa shape index (κ2) is 4.77. The molecule has 2 aromatic carbocycles. The van der Waals surface area contributed by atoms with Gasteiger partial charge in [0.05, 0.1) is 27.8 Å². The fraction of sp³-hybridized carbons (Fsp3) is 0.0556. The molecule has 2 aromatic heterocycles. The Morgan fingerprint density at radius 2 is 1.73 bits per heavy atom. The molecule has 0 spiro atoms. The van der Waals surface area contributed by atoms with Crippen LogP contribution in [0.3, 0.4) is 0 Å². The fourth-order valence-electron chi connectivity index (χ4n) is 2.84. The molecular formula is C18H13N3O. The molecule has 0 aliphatic heterocycles. The average molecular weight is 287 g/mol. The van der Waals surface area contributed by atoms with Crippen molar-refractivity contribution in [3.05, 3.63) is 65.9 Å². The molecule has 106 valence electrons. The molecule has 0 aliphatic carbocycles. The highest BCUT2D eigenvalue weighted by Gasteiger charge is 2.18. The Hall–Kier alpha value is -3.01. The third kappa shape index (κ3) is 1.74. The number of benzene rings is 2. The predicted octanol–water partition coefficient (Wildman–Crippen LogP) is 3.67. The van der Waals surface area contributed by atoms with Crippen LogP contribution in [-0.4, -0.2) is 20.9 Å². The van der Waals surface area contributed by atoms with Crippen molar-refractivity contribution in [1.29, 1.82) is 0 Å². The highest BCUT2D eigenvalue weighted by Crippen LogP contribution is 2.28. The Kier molecular flexibility index (Phi) is 2.76. The van der Waals surface area contributed by atoms with Gasteiger partial charge in [-0.25, -0.2) is 9.50 Å². The lowest BCUT2D eigenvalue weighted by molar-refractivity contribution is 0.112. The van der Waals surface area contributed by atoms with Crippen LogP contribution in [0.1, 0.15) is 16.1 Å². The van der Waals surface area contributed by atoms with Crippen molar-refractivity contribution in [3.8, 4) is 11.3 Å². The van der Waals surface area contributed by atoms with Crippen LogP contribution in [-0.2, 0) is 0 Å². The van der Waals surface area contributed by atoms with Gasteiger partial charge in [-0.15, -0.1) is 0 Å². The first-order chi connectivity index (χ1) is 10.8. The van der Waals surface area contributed by atoms with E-state index in [1.807, 2.05) is 66.0 Å². The molecule has 0 atom stereocenters. The van der Waals surface area contributed by atoms with E-state index in [0.717, 1.165) is 34.1 Å². The van der Waals surface area contributed by atoms with Gasteiger partial charge in [-0.3, -0.25) is 4.79 Å². The number of fused-ring (bicyclic) bond motifs is 3. The van der Waals surface area contributed by atoms with E-state index in [0.29, 0.717) is 11.3 Å². The molecule has 2 heterocycles. The summed E-state index contributed by atoms with van der Waals surface area (Å²) in [6.07, 6.45) is 0.869. The summed E-state index contributed by atoms with van der Waals surface area (Å²) in [6.45, 7) is 1.91. The van der Waals surface area contributed by atoms with Crippen LogP contribution in [0.4, 0.5) is 0 Å². The van der Waals surface area contributed by atoms with E-state index in [2.05, 4.69) is 10.1 Å². The third-order valence-corrected chi connectivity index (χ3v) is 3.83. The number of para-hydroxylation sites is 2. The van der Waals surface area contributed by atoms with Crippen molar-refractivity contribution >= 4 is 22.8 Å². The number of aldehydes is 1. The Morgan fingerprint density at radius 3 is 2.50 bits per heavy atom. The molecule has 22 heavy (non-hydrogen) atoms. The molecule has 0 bridgehead atoms. The summed E-state index contributed by atoms with van der Waals surface area (Å²) in [4.78, 5) is 16.3. The summed E-state index contributed by atoms with van der Waals surface area (Å²) < 4.78 is 1.82. The summed E-state index contributed by atoms with van der Waals surface area (Å²) in [6, 6.07) is 17.6. The average Bonchev–Trinajstić information content (AvgIpc) is 2.96. The minimum absolute atomic E-state index is 0.585. The fourth-order valence-corrected chi connectivity index (χ4v) is 2.84. The zero-order valence-corrected chi connectivity index (χ0v) is 12.0. The molecular weight excluding hydrogens is 274 g/mol. The van der Waals surface area contributed by atoms with Crippen LogP contribution >= 0.6 is 0 Å². The number of rotatable bonds is 2. The van der Waals surface area contributed by atoms with Crippen LogP contribution in [0.15, 0.2) is 54.6 Å². The molecule has 0 unspecified atom stereocenters. The summed E-state index contributed by atoms with van der Waals surface area (Å²) in [5.41, 5.74) is 5.54. The van der Waals surface area contributed by atoms with Gasteiger partial charge in [-0.05, 0) is 19.1 Å². The maximum Gasteiger partial charge on any atom is 0.154 e. The Bertz CT molecular complexity index is 1000. The summed E-state index contributed by atoms with van der Waals surface area (Å²) in [5, 5.41) is 4.69. The van der Waals surface area contributed by atoms with Crippen LogP contribution in [0.25, 0.3) is 27.8 Å². The largest absolute Gasteiger partial charge is 0.298 e. The summed E-state index contributed by atoms with van der Waals surface area (Å²) in [5.74, 6) is 0. The third-order valence-electron chi connectivity index (χ3n) is 3.83. The van der Waals surface area contributed by atoms with E-state index < -0.39 is 0 Å². The Labute approximate surface area is 127 Å². The van der Waals surface area contributed by atoms with Gasteiger partial charge < -0.3 is 0 Å². The topological polar surface area (TPSA) is 47.3 Å². The first-order valence-electron chi connectivity index (χ1n) is 7.08. The lowest BCUT2D eigenvalue weighted by atomic mass is 10.1. The zero-order chi connectivity index (χ0) is 15.1. The molecule has 0 amide bonds. The highest BCUT2D eigenvalue weighted by atomic mass is 16.1. The molecule has 0 aliphatic rings. The summed E-state index contributed by atoms with van der Waals surface area (Å²) in [7, 11) is 0. The number of hydrogen-bond acceptors (Lipinski definition) is 3. The molecule has 4 rings (SSSR count). The minimum Gasteiger partial charge on any atom is -0.298 e. The molecule has 4 heteroatoms. The van der Waals surface area contributed by atoms with Crippen molar-refractivity contribution in [2.45, 2.75) is 6.92 Å². The lowest BCUT2D eigenvalue weighted by Gasteiger charge is -2.03. The molecule has 0 N–H and O–H groups in total. The Balaban J connectivity index is 2.18. The molecule has 4 aromatic rings. The van der Waals surface area contributed by atoms with E-state index in [9.17, 15) is 4.79 Å². The van der Waals surface area contributed by atoms with Crippen molar-refractivity contribution in [1.82, 2.24) is 14.6 Å². The molecule has 0 radical (unpaired) electrons. The summed E-state index contributed by atoms with van der Waals surface area (Å²) >= 11 is 0. The van der Waals surface area contributed by atoms with Crippen LogP contribution < -0.4 is 0 Å². The highest BCUT2D eigenvalue weighted by molar-refractivity contribution is 5.97. The van der Waals surface area contributed by atoms with Crippen molar-refractivity contribution in [2.24, 2.45) is 0 Å². The maximum atomic E-state index is 11.7. The van der Waals surface area contributed by atoms with Crippen LogP contribution in [0.2, 0.25) is 0 Å². The molecule has 0 saturated carbocycles. The second-order valence-corrected chi connectivity index (χ2v) is 5.19. The second-order valence-electron chi connectivity index (χ2n) is 5.19. The van der Waals surface area contributed by atoms with Gasteiger partial charge in [0.15, 0.2) is 6.29 Å². The van der Waals surface area contributed by atoms with E-state index in [1.54, 1.807) is 0 Å². The quantitative estimate of drug-likeness (QED) is 0.528. The van der Waals surface area contributed by atoms with Gasteiger partial charge in [-0.1, -0.05) is 42.5 Å². The number of carbonyl (C=O) groups excluding carboxylic acids is 1. The van der Waals surface area contributed by atoms with Gasteiger partial charge in [-0.2, -0.15) is 5.10 Å². The zero-order valence-electron chi connectivity index (χ0n) is 12.0. The lowest BCUT2D eigenvalue weighted by Crippen LogP contribution is -1.96.